The zero-order valence-corrected chi connectivity index (χ0v) is 19.6. The van der Waals surface area contributed by atoms with Crippen molar-refractivity contribution in [2.24, 2.45) is 11.8 Å². The number of aromatic hydroxyl groups is 1. The molecule has 4 rings (SSSR count). The number of fused-ring (bicyclic) bond motifs is 3. The molecule has 1 N–H and O–H groups in total. The third-order valence-corrected chi connectivity index (χ3v) is 7.66. The van der Waals surface area contributed by atoms with Gasteiger partial charge in [-0.05, 0) is 76.0 Å². The standard InChI is InChI=1S/C25H36O2.C2H6/c1-16-11-12-21-20(13-16)24-22(26)14-19(15-23(24)27-25(21,3)4)17(2)18-9-7-5-6-8-10-18;1-2/h11,14-15,17-18,20-21,26H,5-10,12-13H2,1-4H3;1-2H3/t17?,20-,21-;/m1./s1. The van der Waals surface area contributed by atoms with Crippen molar-refractivity contribution >= 4 is 0 Å². The highest BCUT2D eigenvalue weighted by molar-refractivity contribution is 5.53. The third-order valence-electron chi connectivity index (χ3n) is 7.66. The molecule has 1 fully saturated rings. The maximum atomic E-state index is 11.0. The zero-order chi connectivity index (χ0) is 21.2. The van der Waals surface area contributed by atoms with E-state index in [9.17, 15) is 5.11 Å². The highest BCUT2D eigenvalue weighted by Crippen LogP contribution is 2.54. The van der Waals surface area contributed by atoms with E-state index in [1.807, 2.05) is 13.8 Å². The summed E-state index contributed by atoms with van der Waals surface area (Å²) in [7, 11) is 0. The molecule has 3 atom stereocenters. The molecule has 0 radical (unpaired) electrons. The predicted molar refractivity (Wildman–Crippen MR) is 123 cm³/mol. The van der Waals surface area contributed by atoms with Crippen molar-refractivity contribution in [3.8, 4) is 11.5 Å². The van der Waals surface area contributed by atoms with E-state index in [1.165, 1.54) is 49.7 Å². The Hall–Kier alpha value is -1.44. The molecular weight excluding hydrogens is 356 g/mol. The summed E-state index contributed by atoms with van der Waals surface area (Å²) < 4.78 is 6.52. The molecule has 2 nitrogen and oxygen atoms in total. The fraction of sp³-hybridized carbons (Fsp3) is 0.704. The van der Waals surface area contributed by atoms with Crippen LogP contribution in [0, 0.1) is 11.8 Å². The highest BCUT2D eigenvalue weighted by Gasteiger charge is 2.45. The Morgan fingerprint density at radius 1 is 1.07 bits per heavy atom. The maximum Gasteiger partial charge on any atom is 0.127 e. The van der Waals surface area contributed by atoms with Crippen molar-refractivity contribution in [3.63, 3.8) is 0 Å². The Morgan fingerprint density at radius 3 is 2.38 bits per heavy atom. The van der Waals surface area contributed by atoms with Crippen molar-refractivity contribution in [2.45, 2.75) is 110 Å². The summed E-state index contributed by atoms with van der Waals surface area (Å²) in [6.07, 6.45) is 12.5. The summed E-state index contributed by atoms with van der Waals surface area (Å²) in [6, 6.07) is 4.32. The van der Waals surface area contributed by atoms with Gasteiger partial charge in [-0.25, -0.2) is 0 Å². The molecule has 1 saturated carbocycles. The van der Waals surface area contributed by atoms with Gasteiger partial charge in [-0.3, -0.25) is 0 Å². The zero-order valence-electron chi connectivity index (χ0n) is 19.6. The van der Waals surface area contributed by atoms with E-state index in [0.717, 1.165) is 30.1 Å². The van der Waals surface area contributed by atoms with Crippen LogP contribution in [0.15, 0.2) is 23.8 Å². The Kier molecular flexibility index (Phi) is 7.02. The van der Waals surface area contributed by atoms with Crippen molar-refractivity contribution in [3.05, 3.63) is 34.9 Å². The first kappa shape index (κ1) is 22.2. The molecular formula is C27H42O2. The van der Waals surface area contributed by atoms with Gasteiger partial charge >= 0.3 is 0 Å². The first-order chi connectivity index (χ1) is 13.9. The molecule has 1 aliphatic heterocycles. The summed E-state index contributed by atoms with van der Waals surface area (Å²) in [5, 5.41) is 11.0. The topological polar surface area (TPSA) is 29.5 Å². The lowest BCUT2D eigenvalue weighted by atomic mass is 9.67. The molecule has 3 aliphatic rings. The van der Waals surface area contributed by atoms with Gasteiger partial charge in [0.15, 0.2) is 0 Å². The molecule has 0 saturated heterocycles. The van der Waals surface area contributed by atoms with Gasteiger partial charge in [0.2, 0.25) is 0 Å². The average Bonchev–Trinajstić information content (AvgIpc) is 2.97. The lowest BCUT2D eigenvalue weighted by molar-refractivity contribution is 0.00747. The lowest BCUT2D eigenvalue weighted by Crippen LogP contribution is -2.45. The van der Waals surface area contributed by atoms with Crippen molar-refractivity contribution in [1.82, 2.24) is 0 Å². The number of rotatable bonds is 2. The molecule has 2 aliphatic carbocycles. The Labute approximate surface area is 178 Å². The second-order valence-electron chi connectivity index (χ2n) is 9.90. The minimum Gasteiger partial charge on any atom is -0.508 e. The minimum atomic E-state index is -0.189. The van der Waals surface area contributed by atoms with Crippen LogP contribution in [0.3, 0.4) is 0 Å². The van der Waals surface area contributed by atoms with Crippen LogP contribution < -0.4 is 4.74 Å². The van der Waals surface area contributed by atoms with Gasteiger partial charge in [0.1, 0.15) is 17.1 Å². The number of ether oxygens (including phenoxy) is 1. The monoisotopic (exact) mass is 398 g/mol. The van der Waals surface area contributed by atoms with Gasteiger partial charge in [-0.15, -0.1) is 0 Å². The normalized spacial score (nSPS) is 27.2. The van der Waals surface area contributed by atoms with E-state index in [2.05, 4.69) is 45.9 Å². The van der Waals surface area contributed by atoms with Crippen LogP contribution in [0.5, 0.6) is 11.5 Å². The van der Waals surface area contributed by atoms with Crippen LogP contribution in [-0.2, 0) is 0 Å². The van der Waals surface area contributed by atoms with Crippen molar-refractivity contribution in [2.75, 3.05) is 0 Å². The predicted octanol–water partition coefficient (Wildman–Crippen LogP) is 8.10. The van der Waals surface area contributed by atoms with Crippen LogP contribution in [0.1, 0.15) is 116 Å². The molecule has 2 heteroatoms. The van der Waals surface area contributed by atoms with E-state index in [4.69, 9.17) is 4.74 Å². The second-order valence-corrected chi connectivity index (χ2v) is 9.90. The van der Waals surface area contributed by atoms with Crippen molar-refractivity contribution < 1.29 is 9.84 Å². The Morgan fingerprint density at radius 2 is 1.72 bits per heavy atom. The van der Waals surface area contributed by atoms with E-state index < -0.39 is 0 Å². The number of phenolic OH excluding ortho intramolecular Hbond substituents is 1. The summed E-state index contributed by atoms with van der Waals surface area (Å²) in [5.41, 5.74) is 3.57. The molecule has 0 aromatic heterocycles. The molecule has 1 heterocycles. The smallest absolute Gasteiger partial charge is 0.127 e. The first-order valence-electron chi connectivity index (χ1n) is 12.1. The summed E-state index contributed by atoms with van der Waals surface area (Å²) >= 11 is 0. The van der Waals surface area contributed by atoms with Crippen LogP contribution in [0.2, 0.25) is 0 Å². The van der Waals surface area contributed by atoms with Gasteiger partial charge in [0.25, 0.3) is 0 Å². The quantitative estimate of drug-likeness (QED) is 0.403. The van der Waals surface area contributed by atoms with Gasteiger partial charge in [0, 0.05) is 17.4 Å². The SMILES string of the molecule is CC.CC1=CC[C@@H]2[C@@H](C1)c1c(O)cc(C(C)C3CCCCCC3)cc1OC2(C)C. The fourth-order valence-electron chi connectivity index (χ4n) is 5.93. The maximum absolute atomic E-state index is 11.0. The number of phenols is 1. The molecule has 1 aromatic carbocycles. The summed E-state index contributed by atoms with van der Waals surface area (Å²) in [5.74, 6) is 3.42. The first-order valence-corrected chi connectivity index (χ1v) is 12.1. The third kappa shape index (κ3) is 4.52. The number of hydrogen-bond donors (Lipinski definition) is 1. The Bertz CT molecular complexity index is 722. The molecule has 162 valence electrons. The molecule has 29 heavy (non-hydrogen) atoms. The van der Waals surface area contributed by atoms with Crippen LogP contribution in [0.4, 0.5) is 0 Å². The van der Waals surface area contributed by atoms with Gasteiger partial charge in [-0.2, -0.15) is 0 Å². The van der Waals surface area contributed by atoms with E-state index in [1.54, 1.807) is 0 Å². The molecule has 0 spiro atoms. The van der Waals surface area contributed by atoms with Gasteiger partial charge < -0.3 is 9.84 Å². The second kappa shape index (κ2) is 9.14. The number of hydrogen-bond acceptors (Lipinski definition) is 2. The molecule has 0 bridgehead atoms. The summed E-state index contributed by atoms with van der Waals surface area (Å²) in [6.45, 7) is 13.0. The minimum absolute atomic E-state index is 0.189. The molecule has 1 unspecified atom stereocenters. The van der Waals surface area contributed by atoms with Crippen LogP contribution in [-0.4, -0.2) is 10.7 Å². The van der Waals surface area contributed by atoms with E-state index in [0.29, 0.717) is 23.5 Å². The van der Waals surface area contributed by atoms with Crippen LogP contribution >= 0.6 is 0 Å². The number of benzene rings is 1. The van der Waals surface area contributed by atoms with E-state index >= 15 is 0 Å². The largest absolute Gasteiger partial charge is 0.508 e. The van der Waals surface area contributed by atoms with Crippen molar-refractivity contribution in [1.29, 1.82) is 0 Å². The highest BCUT2D eigenvalue weighted by atomic mass is 16.5. The van der Waals surface area contributed by atoms with E-state index in [-0.39, 0.29) is 5.60 Å². The fourth-order valence-corrected chi connectivity index (χ4v) is 5.93. The van der Waals surface area contributed by atoms with Gasteiger partial charge in [0.05, 0.1) is 0 Å². The molecule has 1 aromatic rings. The lowest BCUT2D eigenvalue weighted by Gasteiger charge is -2.47. The number of allylic oxidation sites excluding steroid dienone is 2. The average molecular weight is 399 g/mol. The Balaban J connectivity index is 0.00000117. The van der Waals surface area contributed by atoms with Crippen LogP contribution in [0.25, 0.3) is 0 Å². The summed E-state index contributed by atoms with van der Waals surface area (Å²) in [4.78, 5) is 0. The van der Waals surface area contributed by atoms with Gasteiger partial charge in [-0.1, -0.05) is 58.1 Å². The molecule has 0 amide bonds.